The molecule has 6 heteroatoms. The van der Waals surface area contributed by atoms with E-state index in [1.165, 1.54) is 22.5 Å². The molecule has 0 spiro atoms. The average Bonchev–Trinajstić information content (AvgIpc) is 3.28. The third-order valence-electron chi connectivity index (χ3n) is 6.54. The van der Waals surface area contributed by atoms with Gasteiger partial charge in [-0.1, -0.05) is 24.3 Å². The number of rotatable bonds is 4. The van der Waals surface area contributed by atoms with Crippen molar-refractivity contribution in [2.45, 2.75) is 32.9 Å². The summed E-state index contributed by atoms with van der Waals surface area (Å²) in [5.41, 5.74) is 7.85. The topological polar surface area (TPSA) is 53.3 Å². The molecule has 33 heavy (non-hydrogen) atoms. The second-order valence-corrected chi connectivity index (χ2v) is 8.78. The van der Waals surface area contributed by atoms with Crippen molar-refractivity contribution in [1.29, 1.82) is 0 Å². The third-order valence-corrected chi connectivity index (χ3v) is 6.86. The van der Waals surface area contributed by atoms with Crippen LogP contribution in [0.25, 0.3) is 5.69 Å². The number of nitrogens with zero attached hydrogens (tertiary/aromatic N) is 3. The number of phenols is 1. The van der Waals surface area contributed by atoms with Gasteiger partial charge >= 0.3 is 0 Å². The van der Waals surface area contributed by atoms with Crippen LogP contribution in [0.5, 0.6) is 5.75 Å². The van der Waals surface area contributed by atoms with Crippen molar-refractivity contribution >= 4 is 23.0 Å². The highest BCUT2D eigenvalue weighted by Crippen LogP contribution is 2.45. The van der Waals surface area contributed by atoms with Gasteiger partial charge in [-0.3, -0.25) is 4.98 Å². The molecule has 1 saturated heterocycles. The number of para-hydroxylation sites is 1. The van der Waals surface area contributed by atoms with E-state index in [1.54, 1.807) is 12.1 Å². The van der Waals surface area contributed by atoms with Crippen LogP contribution in [0.4, 0.5) is 5.69 Å². The van der Waals surface area contributed by atoms with Crippen molar-refractivity contribution in [3.05, 3.63) is 107 Å². The molecule has 2 N–H and O–H groups in total. The van der Waals surface area contributed by atoms with Crippen LogP contribution in [0.15, 0.2) is 79.0 Å². The summed E-state index contributed by atoms with van der Waals surface area (Å²) < 4.78 is 2.32. The zero-order valence-electron chi connectivity index (χ0n) is 18.9. The van der Waals surface area contributed by atoms with Crippen molar-refractivity contribution in [3.63, 3.8) is 0 Å². The van der Waals surface area contributed by atoms with Gasteiger partial charge in [0.15, 0.2) is 5.11 Å². The van der Waals surface area contributed by atoms with Gasteiger partial charge in [0.1, 0.15) is 5.75 Å². The molecule has 5 rings (SSSR count). The molecular formula is C27H26N4OS. The Kier molecular flexibility index (Phi) is 5.38. The molecule has 5 nitrogen and oxygen atoms in total. The van der Waals surface area contributed by atoms with Crippen LogP contribution in [0.1, 0.15) is 40.3 Å². The van der Waals surface area contributed by atoms with Crippen LogP contribution in [-0.4, -0.2) is 19.8 Å². The monoisotopic (exact) mass is 454 g/mol. The summed E-state index contributed by atoms with van der Waals surface area (Å²) in [5, 5.41) is 14.0. The lowest BCUT2D eigenvalue weighted by atomic mass is 9.93. The van der Waals surface area contributed by atoms with Crippen molar-refractivity contribution in [3.8, 4) is 11.4 Å². The van der Waals surface area contributed by atoms with Crippen molar-refractivity contribution in [1.82, 2.24) is 14.9 Å². The fourth-order valence-corrected chi connectivity index (χ4v) is 5.29. The molecule has 0 unspecified atom stereocenters. The molecule has 4 aromatic rings. The first kappa shape index (κ1) is 21.2. The van der Waals surface area contributed by atoms with Gasteiger partial charge in [0.05, 0.1) is 17.8 Å². The number of benzene rings is 2. The lowest BCUT2D eigenvalue weighted by molar-refractivity contribution is 0.475. The standard InChI is InChI=1S/C27H26N4OS/c1-17-18(2)30(20-9-5-4-6-10-20)19(3)24(17)26-25(23-11-7-8-16-28-23)29-27(33)31(26)21-12-14-22(32)15-13-21/h4-16,25-26,32H,1-3H3,(H,29,33)/t25-,26-/m0/s1. The third kappa shape index (κ3) is 3.56. The molecule has 0 saturated carbocycles. The number of aromatic hydroxyl groups is 1. The summed E-state index contributed by atoms with van der Waals surface area (Å²) in [7, 11) is 0. The maximum absolute atomic E-state index is 9.85. The largest absolute Gasteiger partial charge is 0.508 e. The summed E-state index contributed by atoms with van der Waals surface area (Å²) >= 11 is 5.85. The lowest BCUT2D eigenvalue weighted by Gasteiger charge is -2.29. The minimum absolute atomic E-state index is 0.0967. The van der Waals surface area contributed by atoms with Crippen LogP contribution in [0, 0.1) is 20.8 Å². The summed E-state index contributed by atoms with van der Waals surface area (Å²) in [4.78, 5) is 6.82. The Hall–Kier alpha value is -3.64. The molecule has 2 aromatic heterocycles. The summed E-state index contributed by atoms with van der Waals surface area (Å²) in [6, 6.07) is 23.4. The fraction of sp³-hybridized carbons (Fsp3) is 0.185. The Morgan fingerprint density at radius 3 is 2.21 bits per heavy atom. The molecule has 2 atom stereocenters. The molecule has 1 aliphatic rings. The summed E-state index contributed by atoms with van der Waals surface area (Å²) in [6.45, 7) is 6.53. The number of hydrogen-bond donors (Lipinski definition) is 2. The van der Waals surface area contributed by atoms with Crippen LogP contribution in [0.3, 0.4) is 0 Å². The molecule has 0 amide bonds. The zero-order valence-corrected chi connectivity index (χ0v) is 19.7. The van der Waals surface area contributed by atoms with E-state index in [9.17, 15) is 5.11 Å². The highest BCUT2D eigenvalue weighted by Gasteiger charge is 2.43. The normalized spacial score (nSPS) is 17.9. The van der Waals surface area contributed by atoms with E-state index in [1.807, 2.05) is 42.6 Å². The van der Waals surface area contributed by atoms with E-state index in [4.69, 9.17) is 12.2 Å². The number of nitrogens with one attached hydrogen (secondary N) is 1. The molecule has 1 fully saturated rings. The Balaban J connectivity index is 1.72. The van der Waals surface area contributed by atoms with Gasteiger partial charge < -0.3 is 19.9 Å². The number of anilines is 1. The fourth-order valence-electron chi connectivity index (χ4n) is 4.95. The van der Waals surface area contributed by atoms with Gasteiger partial charge in [-0.2, -0.15) is 0 Å². The van der Waals surface area contributed by atoms with Crippen LogP contribution in [0.2, 0.25) is 0 Å². The Morgan fingerprint density at radius 2 is 1.55 bits per heavy atom. The van der Waals surface area contributed by atoms with Crippen molar-refractivity contribution < 1.29 is 5.11 Å². The zero-order chi connectivity index (χ0) is 23.1. The smallest absolute Gasteiger partial charge is 0.174 e. The second kappa shape index (κ2) is 8.37. The van der Waals surface area contributed by atoms with Gasteiger partial charge in [-0.15, -0.1) is 0 Å². The van der Waals surface area contributed by atoms with Crippen molar-refractivity contribution in [2.75, 3.05) is 4.90 Å². The van der Waals surface area contributed by atoms with E-state index in [0.29, 0.717) is 5.11 Å². The number of hydrogen-bond acceptors (Lipinski definition) is 3. The highest BCUT2D eigenvalue weighted by atomic mass is 32.1. The van der Waals surface area contributed by atoms with Gasteiger partial charge in [0, 0.05) is 34.5 Å². The SMILES string of the molecule is Cc1c([C@H]2[C@H](c3ccccn3)NC(=S)N2c2ccc(O)cc2)c(C)n(-c2ccccc2)c1C. The second-order valence-electron chi connectivity index (χ2n) is 8.39. The highest BCUT2D eigenvalue weighted by molar-refractivity contribution is 7.80. The quantitative estimate of drug-likeness (QED) is 0.389. The minimum atomic E-state index is -0.115. The van der Waals surface area contributed by atoms with Gasteiger partial charge in [-0.05, 0) is 87.1 Å². The summed E-state index contributed by atoms with van der Waals surface area (Å²) in [5.74, 6) is 0.230. The van der Waals surface area contributed by atoms with Crippen molar-refractivity contribution in [2.24, 2.45) is 0 Å². The first-order chi connectivity index (χ1) is 16.0. The van der Waals surface area contributed by atoms with E-state index in [0.717, 1.165) is 17.1 Å². The molecule has 1 aliphatic heterocycles. The van der Waals surface area contributed by atoms with E-state index in [2.05, 4.69) is 64.8 Å². The number of aromatic nitrogens is 2. The maximum atomic E-state index is 9.85. The van der Waals surface area contributed by atoms with Gasteiger partial charge in [0.2, 0.25) is 0 Å². The van der Waals surface area contributed by atoms with E-state index < -0.39 is 0 Å². The number of phenolic OH excluding ortho intramolecular Hbond substituents is 1. The van der Waals surface area contributed by atoms with Gasteiger partial charge in [-0.25, -0.2) is 0 Å². The molecule has 0 bridgehead atoms. The molecular weight excluding hydrogens is 428 g/mol. The molecule has 3 heterocycles. The first-order valence-corrected chi connectivity index (χ1v) is 11.4. The minimum Gasteiger partial charge on any atom is -0.508 e. The number of pyridine rings is 1. The molecule has 0 aliphatic carbocycles. The van der Waals surface area contributed by atoms with E-state index in [-0.39, 0.29) is 17.8 Å². The Morgan fingerprint density at radius 1 is 0.848 bits per heavy atom. The Bertz CT molecular complexity index is 1300. The van der Waals surface area contributed by atoms with E-state index >= 15 is 0 Å². The summed E-state index contributed by atoms with van der Waals surface area (Å²) in [6.07, 6.45) is 1.82. The molecule has 166 valence electrons. The predicted molar refractivity (Wildman–Crippen MR) is 136 cm³/mol. The lowest BCUT2D eigenvalue weighted by Crippen LogP contribution is -2.29. The van der Waals surface area contributed by atoms with Crippen LogP contribution >= 0.6 is 12.2 Å². The Labute approximate surface area is 199 Å². The van der Waals surface area contributed by atoms with Gasteiger partial charge in [0.25, 0.3) is 0 Å². The molecule has 2 aromatic carbocycles. The average molecular weight is 455 g/mol. The van der Waals surface area contributed by atoms with Crippen LogP contribution < -0.4 is 10.2 Å². The maximum Gasteiger partial charge on any atom is 0.174 e. The van der Waals surface area contributed by atoms with Crippen LogP contribution in [-0.2, 0) is 0 Å². The molecule has 0 radical (unpaired) electrons. The number of thiocarbonyl (C=S) groups is 1. The first-order valence-electron chi connectivity index (χ1n) is 11.0. The predicted octanol–water partition coefficient (Wildman–Crippen LogP) is 5.68.